The van der Waals surface area contributed by atoms with Crippen molar-refractivity contribution in [3.05, 3.63) is 17.3 Å². The average Bonchev–Trinajstić information content (AvgIpc) is 3.08. The molecule has 1 aromatic heterocycles. The van der Waals surface area contributed by atoms with Crippen molar-refractivity contribution >= 4 is 5.91 Å². The minimum Gasteiger partial charge on any atom is -0.445 e. The average molecular weight is 264 g/mol. The summed E-state index contributed by atoms with van der Waals surface area (Å²) in [4.78, 5) is 16.0. The summed E-state index contributed by atoms with van der Waals surface area (Å²) in [6, 6.07) is 0. The SMILES string of the molecule is Cc1nc(C(C)(C)C)oc1CCCNC(=O)C1CC1. The zero-order chi connectivity index (χ0) is 14.0. The Hall–Kier alpha value is -1.32. The summed E-state index contributed by atoms with van der Waals surface area (Å²) in [7, 11) is 0. The molecule has 2 rings (SSSR count). The van der Waals surface area contributed by atoms with Gasteiger partial charge in [0.2, 0.25) is 5.91 Å². The van der Waals surface area contributed by atoms with Gasteiger partial charge in [-0.15, -0.1) is 0 Å². The van der Waals surface area contributed by atoms with E-state index in [2.05, 4.69) is 31.1 Å². The second-order valence-electron chi connectivity index (χ2n) is 6.45. The first-order valence-corrected chi connectivity index (χ1v) is 7.12. The predicted octanol–water partition coefficient (Wildman–Crippen LogP) is 2.74. The van der Waals surface area contributed by atoms with E-state index in [4.69, 9.17) is 4.42 Å². The third-order valence-electron chi connectivity index (χ3n) is 3.36. The predicted molar refractivity (Wildman–Crippen MR) is 74.0 cm³/mol. The quantitative estimate of drug-likeness (QED) is 0.832. The molecule has 19 heavy (non-hydrogen) atoms. The minimum atomic E-state index is -0.0524. The summed E-state index contributed by atoms with van der Waals surface area (Å²) in [6.07, 6.45) is 3.85. The van der Waals surface area contributed by atoms with Crippen molar-refractivity contribution in [1.29, 1.82) is 0 Å². The lowest BCUT2D eigenvalue weighted by molar-refractivity contribution is -0.122. The largest absolute Gasteiger partial charge is 0.445 e. The van der Waals surface area contributed by atoms with Crippen molar-refractivity contribution < 1.29 is 9.21 Å². The van der Waals surface area contributed by atoms with E-state index >= 15 is 0 Å². The summed E-state index contributed by atoms with van der Waals surface area (Å²) in [5.41, 5.74) is 0.918. The van der Waals surface area contributed by atoms with Gasteiger partial charge in [-0.3, -0.25) is 4.79 Å². The van der Waals surface area contributed by atoms with Gasteiger partial charge < -0.3 is 9.73 Å². The first-order chi connectivity index (χ1) is 8.88. The van der Waals surface area contributed by atoms with E-state index < -0.39 is 0 Å². The monoisotopic (exact) mass is 264 g/mol. The van der Waals surface area contributed by atoms with Crippen molar-refractivity contribution in [1.82, 2.24) is 10.3 Å². The molecule has 4 heteroatoms. The first kappa shape index (κ1) is 14.1. The molecule has 106 valence electrons. The number of carbonyl (C=O) groups excluding carboxylic acids is 1. The van der Waals surface area contributed by atoms with Crippen LogP contribution in [0.1, 0.15) is 57.4 Å². The van der Waals surface area contributed by atoms with Gasteiger partial charge in [0.05, 0.1) is 5.69 Å². The van der Waals surface area contributed by atoms with Crippen molar-refractivity contribution in [2.75, 3.05) is 6.54 Å². The molecule has 4 nitrogen and oxygen atoms in total. The van der Waals surface area contributed by atoms with E-state index in [1.165, 1.54) is 0 Å². The zero-order valence-corrected chi connectivity index (χ0v) is 12.4. The van der Waals surface area contributed by atoms with Crippen LogP contribution in [0.2, 0.25) is 0 Å². The summed E-state index contributed by atoms with van der Waals surface area (Å²) in [6.45, 7) is 8.99. The Bertz CT molecular complexity index is 453. The van der Waals surface area contributed by atoms with Crippen LogP contribution in [-0.2, 0) is 16.6 Å². The Kier molecular flexibility index (Phi) is 3.97. The minimum absolute atomic E-state index is 0.0524. The first-order valence-electron chi connectivity index (χ1n) is 7.12. The normalized spacial score (nSPS) is 15.6. The number of nitrogens with one attached hydrogen (secondary N) is 1. The smallest absolute Gasteiger partial charge is 0.223 e. The van der Waals surface area contributed by atoms with Gasteiger partial charge in [0.15, 0.2) is 5.89 Å². The molecule has 1 N–H and O–H groups in total. The Labute approximate surface area is 115 Å². The van der Waals surface area contributed by atoms with Gasteiger partial charge in [-0.2, -0.15) is 0 Å². The topological polar surface area (TPSA) is 55.1 Å². The molecule has 0 spiro atoms. The number of nitrogens with zero attached hydrogens (tertiary/aromatic N) is 1. The number of hydrogen-bond acceptors (Lipinski definition) is 3. The zero-order valence-electron chi connectivity index (χ0n) is 12.4. The summed E-state index contributed by atoms with van der Waals surface area (Å²) < 4.78 is 5.82. The van der Waals surface area contributed by atoms with Crippen molar-refractivity contribution in [3.63, 3.8) is 0 Å². The van der Waals surface area contributed by atoms with E-state index in [1.807, 2.05) is 6.92 Å². The van der Waals surface area contributed by atoms with Gasteiger partial charge in [0.25, 0.3) is 0 Å². The highest BCUT2D eigenvalue weighted by molar-refractivity contribution is 5.80. The second-order valence-corrected chi connectivity index (χ2v) is 6.45. The molecular formula is C15H24N2O2. The lowest BCUT2D eigenvalue weighted by Crippen LogP contribution is -2.26. The summed E-state index contributed by atoms with van der Waals surface area (Å²) in [5, 5.41) is 2.97. The van der Waals surface area contributed by atoms with Crippen LogP contribution in [-0.4, -0.2) is 17.4 Å². The van der Waals surface area contributed by atoms with Crippen LogP contribution in [0.4, 0.5) is 0 Å². The summed E-state index contributed by atoms with van der Waals surface area (Å²) in [5.74, 6) is 2.25. The molecule has 0 aromatic carbocycles. The van der Waals surface area contributed by atoms with E-state index in [-0.39, 0.29) is 11.3 Å². The van der Waals surface area contributed by atoms with Crippen molar-refractivity contribution in [2.45, 2.75) is 58.8 Å². The third-order valence-corrected chi connectivity index (χ3v) is 3.36. The number of hydrogen-bond donors (Lipinski definition) is 1. The maximum atomic E-state index is 11.5. The molecule has 0 radical (unpaired) electrons. The number of rotatable bonds is 5. The van der Waals surface area contributed by atoms with Crippen molar-refractivity contribution in [3.8, 4) is 0 Å². The van der Waals surface area contributed by atoms with Gasteiger partial charge in [-0.05, 0) is 26.2 Å². The van der Waals surface area contributed by atoms with Crippen LogP contribution in [0.15, 0.2) is 4.42 Å². The molecule has 1 heterocycles. The number of aromatic nitrogens is 1. The molecule has 1 amide bonds. The molecule has 1 aliphatic carbocycles. The fourth-order valence-electron chi connectivity index (χ4n) is 1.93. The second kappa shape index (κ2) is 5.35. The fourth-order valence-corrected chi connectivity index (χ4v) is 1.93. The number of oxazole rings is 1. The molecule has 1 fully saturated rings. The Morgan fingerprint density at radius 2 is 2.11 bits per heavy atom. The van der Waals surface area contributed by atoms with Crippen LogP contribution < -0.4 is 5.32 Å². The molecular weight excluding hydrogens is 240 g/mol. The highest BCUT2D eigenvalue weighted by atomic mass is 16.4. The van der Waals surface area contributed by atoms with Crippen molar-refractivity contribution in [2.24, 2.45) is 5.92 Å². The number of aryl methyl sites for hydroxylation is 2. The lowest BCUT2D eigenvalue weighted by atomic mass is 9.97. The molecule has 1 aliphatic rings. The Morgan fingerprint density at radius 3 is 2.63 bits per heavy atom. The highest BCUT2D eigenvalue weighted by Gasteiger charge is 2.29. The Morgan fingerprint density at radius 1 is 1.42 bits per heavy atom. The van der Waals surface area contributed by atoms with E-state index in [0.29, 0.717) is 5.92 Å². The maximum absolute atomic E-state index is 11.5. The van der Waals surface area contributed by atoms with E-state index in [9.17, 15) is 4.79 Å². The van der Waals surface area contributed by atoms with Crippen LogP contribution in [0.5, 0.6) is 0 Å². The lowest BCUT2D eigenvalue weighted by Gasteiger charge is -2.12. The van der Waals surface area contributed by atoms with Crippen LogP contribution in [0.25, 0.3) is 0 Å². The van der Waals surface area contributed by atoms with Gasteiger partial charge in [0.1, 0.15) is 5.76 Å². The van der Waals surface area contributed by atoms with Gasteiger partial charge in [-0.25, -0.2) is 4.98 Å². The van der Waals surface area contributed by atoms with E-state index in [0.717, 1.165) is 49.6 Å². The molecule has 0 atom stereocenters. The molecule has 1 saturated carbocycles. The molecule has 0 unspecified atom stereocenters. The van der Waals surface area contributed by atoms with Gasteiger partial charge in [-0.1, -0.05) is 20.8 Å². The standard InChI is InChI=1S/C15H24N2O2/c1-10-12(19-14(17-10)15(2,3)4)6-5-9-16-13(18)11-7-8-11/h11H,5-9H2,1-4H3,(H,16,18). The van der Waals surface area contributed by atoms with Gasteiger partial charge >= 0.3 is 0 Å². The van der Waals surface area contributed by atoms with Crippen LogP contribution in [0.3, 0.4) is 0 Å². The number of carbonyl (C=O) groups is 1. The molecule has 0 aliphatic heterocycles. The summed E-state index contributed by atoms with van der Waals surface area (Å²) >= 11 is 0. The number of amides is 1. The van der Waals surface area contributed by atoms with Crippen LogP contribution in [0, 0.1) is 12.8 Å². The van der Waals surface area contributed by atoms with Crippen LogP contribution >= 0.6 is 0 Å². The molecule has 0 bridgehead atoms. The van der Waals surface area contributed by atoms with E-state index in [1.54, 1.807) is 0 Å². The molecule has 1 aromatic rings. The Balaban J connectivity index is 1.79. The third kappa shape index (κ3) is 3.82. The maximum Gasteiger partial charge on any atom is 0.223 e. The highest BCUT2D eigenvalue weighted by Crippen LogP contribution is 2.28. The fraction of sp³-hybridized carbons (Fsp3) is 0.733. The molecule has 0 saturated heterocycles. The van der Waals surface area contributed by atoms with Gasteiger partial charge in [0, 0.05) is 24.3 Å².